The van der Waals surface area contributed by atoms with Gasteiger partial charge in [0.25, 0.3) is 0 Å². The number of aromatic nitrogens is 3. The third-order valence-electron chi connectivity index (χ3n) is 5.39. The summed E-state index contributed by atoms with van der Waals surface area (Å²) in [6.07, 6.45) is 5.00. The van der Waals surface area contributed by atoms with Crippen LogP contribution in [0.1, 0.15) is 54.1 Å². The molecule has 0 radical (unpaired) electrons. The Labute approximate surface area is 190 Å². The fourth-order valence-corrected chi connectivity index (χ4v) is 3.47. The molecule has 1 atom stereocenters. The van der Waals surface area contributed by atoms with Crippen molar-refractivity contribution >= 4 is 29.9 Å². The van der Waals surface area contributed by atoms with E-state index in [-0.39, 0.29) is 30.0 Å². The van der Waals surface area contributed by atoms with E-state index in [2.05, 4.69) is 46.0 Å². The molecule has 0 amide bonds. The number of ether oxygens (including phenoxy) is 1. The van der Waals surface area contributed by atoms with Crippen LogP contribution in [0.2, 0.25) is 0 Å². The van der Waals surface area contributed by atoms with Gasteiger partial charge in [-0.25, -0.2) is 4.99 Å². The van der Waals surface area contributed by atoms with Crippen molar-refractivity contribution in [2.75, 3.05) is 20.3 Å². The van der Waals surface area contributed by atoms with Crippen molar-refractivity contribution < 1.29 is 4.74 Å². The smallest absolute Gasteiger partial charge is 0.192 e. The second-order valence-corrected chi connectivity index (χ2v) is 7.41. The molecular weight excluding hydrogens is 479 g/mol. The molecule has 8 heteroatoms. The highest BCUT2D eigenvalue weighted by Gasteiger charge is 2.14. The lowest BCUT2D eigenvalue weighted by molar-refractivity contribution is 0.203. The monoisotopic (exact) mass is 512 g/mol. The van der Waals surface area contributed by atoms with Crippen molar-refractivity contribution in [1.82, 2.24) is 25.4 Å². The van der Waals surface area contributed by atoms with E-state index in [1.54, 1.807) is 7.11 Å². The molecule has 1 heterocycles. The quantitative estimate of drug-likeness (QED) is 0.258. The zero-order chi connectivity index (χ0) is 19.9. The normalized spacial score (nSPS) is 14.7. The number of methoxy groups -OCH3 is 1. The van der Waals surface area contributed by atoms with Gasteiger partial charge in [-0.1, -0.05) is 18.2 Å². The summed E-state index contributed by atoms with van der Waals surface area (Å²) in [4.78, 5) is 4.71. The fourth-order valence-electron chi connectivity index (χ4n) is 3.47. The maximum Gasteiger partial charge on any atom is 0.192 e. The van der Waals surface area contributed by atoms with E-state index in [9.17, 15) is 0 Å². The van der Waals surface area contributed by atoms with Gasteiger partial charge in [0.15, 0.2) is 11.8 Å². The van der Waals surface area contributed by atoms with Crippen LogP contribution in [-0.2, 0) is 31.2 Å². The Balaban J connectivity index is 0.00000300. The number of aryl methyl sites for hydroxylation is 3. The van der Waals surface area contributed by atoms with Crippen LogP contribution in [0.5, 0.6) is 0 Å². The van der Waals surface area contributed by atoms with Gasteiger partial charge in [-0.2, -0.15) is 0 Å². The van der Waals surface area contributed by atoms with Crippen LogP contribution in [0.25, 0.3) is 0 Å². The van der Waals surface area contributed by atoms with Crippen LogP contribution in [0.15, 0.2) is 23.2 Å². The van der Waals surface area contributed by atoms with E-state index >= 15 is 0 Å². The van der Waals surface area contributed by atoms with Gasteiger partial charge in [0.05, 0.1) is 12.6 Å². The van der Waals surface area contributed by atoms with Crippen LogP contribution in [0.4, 0.5) is 0 Å². The number of aliphatic imine (C=N–C) groups is 1. The second kappa shape index (κ2) is 11.5. The number of rotatable bonds is 7. The second-order valence-electron chi connectivity index (χ2n) is 7.41. The largest absolute Gasteiger partial charge is 0.383 e. The Kier molecular flexibility index (Phi) is 9.35. The van der Waals surface area contributed by atoms with Crippen molar-refractivity contribution in [2.24, 2.45) is 12.0 Å². The molecule has 2 aromatic rings. The van der Waals surface area contributed by atoms with Gasteiger partial charge in [0.1, 0.15) is 12.4 Å². The fraction of sp³-hybridized carbons (Fsp3) is 0.571. The van der Waals surface area contributed by atoms with E-state index in [0.717, 1.165) is 17.6 Å². The van der Waals surface area contributed by atoms with Crippen LogP contribution < -0.4 is 10.6 Å². The van der Waals surface area contributed by atoms with Crippen molar-refractivity contribution in [2.45, 2.75) is 52.1 Å². The third-order valence-corrected chi connectivity index (χ3v) is 5.39. The number of halogens is 1. The summed E-state index contributed by atoms with van der Waals surface area (Å²) in [5.74, 6) is 2.48. The summed E-state index contributed by atoms with van der Waals surface area (Å²) in [6.45, 7) is 5.89. The molecule has 0 saturated carbocycles. The summed E-state index contributed by atoms with van der Waals surface area (Å²) in [7, 11) is 3.66. The minimum absolute atomic E-state index is 0. The van der Waals surface area contributed by atoms with Gasteiger partial charge in [-0.3, -0.25) is 0 Å². The van der Waals surface area contributed by atoms with E-state index in [1.807, 2.05) is 18.5 Å². The highest BCUT2D eigenvalue weighted by molar-refractivity contribution is 14.0. The van der Waals surface area contributed by atoms with Crippen LogP contribution in [0.3, 0.4) is 0 Å². The molecule has 0 spiro atoms. The molecule has 7 nitrogen and oxygen atoms in total. The van der Waals surface area contributed by atoms with E-state index in [4.69, 9.17) is 9.73 Å². The molecule has 3 rings (SSSR count). The number of hydrogen-bond acceptors (Lipinski definition) is 4. The first kappa shape index (κ1) is 23.6. The Morgan fingerprint density at radius 3 is 2.69 bits per heavy atom. The molecule has 1 aromatic heterocycles. The van der Waals surface area contributed by atoms with Gasteiger partial charge in [0.2, 0.25) is 0 Å². The van der Waals surface area contributed by atoms with Crippen LogP contribution in [-0.4, -0.2) is 41.0 Å². The summed E-state index contributed by atoms with van der Waals surface area (Å²) in [6, 6.07) is 7.03. The zero-order valence-corrected chi connectivity index (χ0v) is 20.2. The van der Waals surface area contributed by atoms with Gasteiger partial charge >= 0.3 is 0 Å². The maximum absolute atomic E-state index is 5.16. The predicted molar refractivity (Wildman–Crippen MR) is 127 cm³/mol. The molecule has 2 N–H and O–H groups in total. The van der Waals surface area contributed by atoms with E-state index in [0.29, 0.717) is 19.7 Å². The van der Waals surface area contributed by atoms with Crippen molar-refractivity contribution in [3.05, 3.63) is 46.5 Å². The SMILES string of the molecule is COCCNC(=NCc1nnc(C)n1C)NC(C)c1ccc2c(c1)CCCC2.I. The van der Waals surface area contributed by atoms with Crippen molar-refractivity contribution in [3.8, 4) is 0 Å². The Bertz CT molecular complexity index is 819. The van der Waals surface area contributed by atoms with Crippen molar-refractivity contribution in [3.63, 3.8) is 0 Å². The molecule has 1 aliphatic rings. The average molecular weight is 512 g/mol. The van der Waals surface area contributed by atoms with Gasteiger partial charge in [-0.05, 0) is 56.2 Å². The minimum Gasteiger partial charge on any atom is -0.383 e. The first-order chi connectivity index (χ1) is 13.6. The van der Waals surface area contributed by atoms with Gasteiger partial charge in [0, 0.05) is 20.7 Å². The number of nitrogens with zero attached hydrogens (tertiary/aromatic N) is 4. The van der Waals surface area contributed by atoms with Crippen molar-refractivity contribution in [1.29, 1.82) is 0 Å². The minimum atomic E-state index is 0. The summed E-state index contributed by atoms with van der Waals surface area (Å²) < 4.78 is 7.12. The lowest BCUT2D eigenvalue weighted by atomic mass is 9.89. The topological polar surface area (TPSA) is 76.4 Å². The highest BCUT2D eigenvalue weighted by Crippen LogP contribution is 2.24. The van der Waals surface area contributed by atoms with Gasteiger partial charge in [-0.15, -0.1) is 34.2 Å². The molecular formula is C21H33IN6O. The number of hydrogen-bond donors (Lipinski definition) is 2. The summed E-state index contributed by atoms with van der Waals surface area (Å²) in [5.41, 5.74) is 4.29. The van der Waals surface area contributed by atoms with Gasteiger partial charge < -0.3 is 19.9 Å². The molecule has 0 aliphatic heterocycles. The average Bonchev–Trinajstić information content (AvgIpc) is 3.03. The summed E-state index contributed by atoms with van der Waals surface area (Å²) >= 11 is 0. The predicted octanol–water partition coefficient (Wildman–Crippen LogP) is 3.06. The number of benzene rings is 1. The first-order valence-electron chi connectivity index (χ1n) is 10.1. The lowest BCUT2D eigenvalue weighted by Crippen LogP contribution is -2.40. The lowest BCUT2D eigenvalue weighted by Gasteiger charge is -2.22. The number of guanidine groups is 1. The summed E-state index contributed by atoms with van der Waals surface area (Å²) in [5, 5.41) is 15.2. The molecule has 0 bridgehead atoms. The third kappa shape index (κ3) is 6.40. The molecule has 1 aromatic carbocycles. The molecule has 160 valence electrons. The Morgan fingerprint density at radius 2 is 2.00 bits per heavy atom. The molecule has 1 aliphatic carbocycles. The molecule has 0 saturated heterocycles. The van der Waals surface area contributed by atoms with Crippen LogP contribution >= 0.6 is 24.0 Å². The molecule has 1 unspecified atom stereocenters. The zero-order valence-electron chi connectivity index (χ0n) is 17.9. The van der Waals surface area contributed by atoms with E-state index < -0.39 is 0 Å². The number of fused-ring (bicyclic) bond motifs is 1. The maximum atomic E-state index is 5.16. The Morgan fingerprint density at radius 1 is 1.24 bits per heavy atom. The standard InChI is InChI=1S/C21H32N6O.HI/c1-15(18-10-9-17-7-5-6-8-19(17)13-18)24-21(22-11-12-28-4)23-14-20-26-25-16(2)27(20)3;/h9-10,13,15H,5-8,11-12,14H2,1-4H3,(H2,22,23,24);1H. The van der Waals surface area contributed by atoms with Crippen LogP contribution in [0, 0.1) is 6.92 Å². The highest BCUT2D eigenvalue weighted by atomic mass is 127. The molecule has 29 heavy (non-hydrogen) atoms. The molecule has 0 fully saturated rings. The number of nitrogens with one attached hydrogen (secondary N) is 2. The van der Waals surface area contributed by atoms with E-state index in [1.165, 1.54) is 42.4 Å². The first-order valence-corrected chi connectivity index (χ1v) is 10.1. The Hall–Kier alpha value is -1.68.